The van der Waals surface area contributed by atoms with Crippen LogP contribution in [0.5, 0.6) is 0 Å². The predicted octanol–water partition coefficient (Wildman–Crippen LogP) is 3.66. The zero-order chi connectivity index (χ0) is 19.5. The lowest BCUT2D eigenvalue weighted by atomic mass is 9.96. The van der Waals surface area contributed by atoms with Gasteiger partial charge in [-0.3, -0.25) is 4.68 Å². The number of carbonyl (C=O) groups is 1. The van der Waals surface area contributed by atoms with E-state index in [1.54, 1.807) is 17.1 Å². The van der Waals surface area contributed by atoms with Crippen molar-refractivity contribution in [2.24, 2.45) is 7.05 Å². The molecule has 1 aromatic carbocycles. The average Bonchev–Trinajstić information content (AvgIpc) is 2.98. The van der Waals surface area contributed by atoms with Gasteiger partial charge in [-0.15, -0.1) is 0 Å². The first kappa shape index (κ1) is 18.0. The molecule has 1 atom stereocenters. The highest BCUT2D eigenvalue weighted by atomic mass is 16.4. The normalized spacial score (nSPS) is 16.1. The molecule has 2 heterocycles. The Balaban J connectivity index is 1.62. The van der Waals surface area contributed by atoms with Crippen LogP contribution in [-0.4, -0.2) is 30.9 Å². The van der Waals surface area contributed by atoms with E-state index in [0.29, 0.717) is 5.95 Å². The van der Waals surface area contributed by atoms with Crippen LogP contribution in [0.1, 0.15) is 36.4 Å². The highest BCUT2D eigenvalue weighted by molar-refractivity contribution is 5.67. The molecule has 3 aromatic rings. The molecule has 8 heteroatoms. The summed E-state index contributed by atoms with van der Waals surface area (Å²) in [7, 11) is 1.85. The molecule has 8 nitrogen and oxygen atoms in total. The van der Waals surface area contributed by atoms with Gasteiger partial charge in [-0.1, -0.05) is 18.6 Å². The predicted molar refractivity (Wildman–Crippen MR) is 105 cm³/mol. The first-order valence-electron chi connectivity index (χ1n) is 9.30. The number of hydrogen-bond acceptors (Lipinski definition) is 5. The van der Waals surface area contributed by atoms with Gasteiger partial charge in [-0.05, 0) is 42.5 Å². The second kappa shape index (κ2) is 7.67. The van der Waals surface area contributed by atoms with E-state index in [-0.39, 0.29) is 6.04 Å². The van der Waals surface area contributed by atoms with Gasteiger partial charge in [0.15, 0.2) is 0 Å². The van der Waals surface area contributed by atoms with Crippen molar-refractivity contribution in [3.63, 3.8) is 0 Å². The Labute approximate surface area is 162 Å². The van der Waals surface area contributed by atoms with Crippen molar-refractivity contribution in [2.75, 3.05) is 5.32 Å². The zero-order valence-electron chi connectivity index (χ0n) is 15.6. The number of benzene rings is 1. The Hall–Kier alpha value is -3.42. The molecule has 0 saturated carbocycles. The van der Waals surface area contributed by atoms with Crippen LogP contribution < -0.4 is 10.6 Å². The molecule has 1 amide bonds. The number of fused-ring (bicyclic) bond motifs is 1. The molecule has 144 valence electrons. The number of aryl methyl sites for hydroxylation is 2. The maximum atomic E-state index is 11.1. The lowest BCUT2D eigenvalue weighted by Gasteiger charge is -2.18. The fourth-order valence-corrected chi connectivity index (χ4v) is 3.63. The van der Waals surface area contributed by atoms with Crippen LogP contribution in [0.3, 0.4) is 0 Å². The van der Waals surface area contributed by atoms with E-state index in [1.165, 1.54) is 5.56 Å². The highest BCUT2D eigenvalue weighted by Gasteiger charge is 2.20. The molecule has 1 aliphatic rings. The molecule has 0 spiro atoms. The number of rotatable bonds is 4. The van der Waals surface area contributed by atoms with Crippen molar-refractivity contribution in [2.45, 2.75) is 31.7 Å². The topological polar surface area (TPSA) is 105 Å². The standard InChI is InChI=1S/C20H22N6O2/c1-26-12-15(11-22-26)23-19-21-9-8-17(24-19)14-6-7-16-13(10-14)4-2-3-5-18(16)25-20(27)28/h6-12,18,25H,2-5H2,1H3,(H,27,28)(H,21,23,24)/t18-/m1/s1. The van der Waals surface area contributed by atoms with Crippen molar-refractivity contribution in [1.82, 2.24) is 25.1 Å². The van der Waals surface area contributed by atoms with Crippen LogP contribution in [0.15, 0.2) is 42.9 Å². The monoisotopic (exact) mass is 378 g/mol. The first-order valence-corrected chi connectivity index (χ1v) is 9.30. The first-order chi connectivity index (χ1) is 13.6. The second-order valence-corrected chi connectivity index (χ2v) is 6.95. The Kier molecular flexibility index (Phi) is 4.92. The smallest absolute Gasteiger partial charge is 0.405 e. The summed E-state index contributed by atoms with van der Waals surface area (Å²) < 4.78 is 1.71. The van der Waals surface area contributed by atoms with Crippen molar-refractivity contribution >= 4 is 17.7 Å². The van der Waals surface area contributed by atoms with Gasteiger partial charge in [-0.25, -0.2) is 14.8 Å². The van der Waals surface area contributed by atoms with E-state index in [4.69, 9.17) is 5.11 Å². The van der Waals surface area contributed by atoms with Gasteiger partial charge in [0, 0.05) is 25.0 Å². The third kappa shape index (κ3) is 3.95. The van der Waals surface area contributed by atoms with Crippen molar-refractivity contribution in [3.8, 4) is 11.3 Å². The van der Waals surface area contributed by atoms with Crippen LogP contribution in [0.4, 0.5) is 16.4 Å². The van der Waals surface area contributed by atoms with Gasteiger partial charge in [0.2, 0.25) is 5.95 Å². The van der Waals surface area contributed by atoms with Gasteiger partial charge in [0.25, 0.3) is 0 Å². The van der Waals surface area contributed by atoms with Gasteiger partial charge in [0.1, 0.15) is 0 Å². The fraction of sp³-hybridized carbons (Fsp3) is 0.300. The van der Waals surface area contributed by atoms with Gasteiger partial charge in [-0.2, -0.15) is 5.10 Å². The van der Waals surface area contributed by atoms with Crippen molar-refractivity contribution < 1.29 is 9.90 Å². The Morgan fingerprint density at radius 1 is 1.29 bits per heavy atom. The average molecular weight is 378 g/mol. The number of nitrogens with zero attached hydrogens (tertiary/aromatic N) is 4. The minimum atomic E-state index is -0.983. The van der Waals surface area contributed by atoms with E-state index in [0.717, 1.165) is 48.2 Å². The molecular weight excluding hydrogens is 356 g/mol. The number of hydrogen-bond donors (Lipinski definition) is 3. The van der Waals surface area contributed by atoms with Crippen LogP contribution in [0.2, 0.25) is 0 Å². The van der Waals surface area contributed by atoms with Crippen LogP contribution in [-0.2, 0) is 13.5 Å². The number of amides is 1. The summed E-state index contributed by atoms with van der Waals surface area (Å²) in [6, 6.07) is 7.86. The maximum absolute atomic E-state index is 11.1. The molecule has 0 fully saturated rings. The Morgan fingerprint density at radius 3 is 2.96 bits per heavy atom. The van der Waals surface area contributed by atoms with E-state index in [2.05, 4.69) is 31.8 Å². The van der Waals surface area contributed by atoms with Crippen molar-refractivity contribution in [3.05, 3.63) is 54.0 Å². The molecule has 0 unspecified atom stereocenters. The molecule has 2 aromatic heterocycles. The molecular formula is C20H22N6O2. The summed E-state index contributed by atoms with van der Waals surface area (Å²) >= 11 is 0. The molecule has 1 aliphatic carbocycles. The van der Waals surface area contributed by atoms with E-state index >= 15 is 0 Å². The molecule has 3 N–H and O–H groups in total. The van der Waals surface area contributed by atoms with Gasteiger partial charge in [0.05, 0.1) is 23.6 Å². The van der Waals surface area contributed by atoms with E-state index in [1.807, 2.05) is 31.4 Å². The molecule has 4 rings (SSSR count). The number of aromatic nitrogens is 4. The summed E-state index contributed by atoms with van der Waals surface area (Å²) in [5.41, 5.74) is 4.87. The number of carboxylic acid groups (broad SMARTS) is 1. The fourth-order valence-electron chi connectivity index (χ4n) is 3.63. The van der Waals surface area contributed by atoms with Gasteiger partial charge < -0.3 is 15.7 Å². The molecule has 0 radical (unpaired) electrons. The third-order valence-corrected chi connectivity index (χ3v) is 4.92. The lowest BCUT2D eigenvalue weighted by molar-refractivity contribution is 0.189. The SMILES string of the molecule is Cn1cc(Nc2nccc(-c3ccc4c(c3)CCCC[C@H]4NC(=O)O)n2)cn1. The summed E-state index contributed by atoms with van der Waals surface area (Å²) in [5.74, 6) is 0.505. The minimum absolute atomic E-state index is 0.155. The summed E-state index contributed by atoms with van der Waals surface area (Å²) in [4.78, 5) is 20.0. The van der Waals surface area contributed by atoms with Crippen LogP contribution >= 0.6 is 0 Å². The second-order valence-electron chi connectivity index (χ2n) is 6.95. The molecule has 28 heavy (non-hydrogen) atoms. The number of anilines is 2. The summed E-state index contributed by atoms with van der Waals surface area (Å²) in [5, 5.41) is 19.1. The molecule has 0 saturated heterocycles. The van der Waals surface area contributed by atoms with Gasteiger partial charge >= 0.3 is 6.09 Å². The number of nitrogens with one attached hydrogen (secondary N) is 2. The lowest BCUT2D eigenvalue weighted by Crippen LogP contribution is -2.26. The maximum Gasteiger partial charge on any atom is 0.405 e. The van der Waals surface area contributed by atoms with Crippen LogP contribution in [0, 0.1) is 0 Å². The van der Waals surface area contributed by atoms with E-state index < -0.39 is 6.09 Å². The van der Waals surface area contributed by atoms with Crippen molar-refractivity contribution in [1.29, 1.82) is 0 Å². The van der Waals surface area contributed by atoms with E-state index in [9.17, 15) is 4.79 Å². The molecule has 0 bridgehead atoms. The minimum Gasteiger partial charge on any atom is -0.465 e. The van der Waals surface area contributed by atoms with Crippen LogP contribution in [0.25, 0.3) is 11.3 Å². The molecule has 0 aliphatic heterocycles. The third-order valence-electron chi connectivity index (χ3n) is 4.92. The highest BCUT2D eigenvalue weighted by Crippen LogP contribution is 2.32. The largest absolute Gasteiger partial charge is 0.465 e. The summed E-state index contributed by atoms with van der Waals surface area (Å²) in [6.45, 7) is 0. The Morgan fingerprint density at radius 2 is 2.18 bits per heavy atom. The Bertz CT molecular complexity index is 1000. The quantitative estimate of drug-likeness (QED) is 0.599. The summed E-state index contributed by atoms with van der Waals surface area (Å²) in [6.07, 6.45) is 8.12. The zero-order valence-corrected chi connectivity index (χ0v) is 15.6.